The zero-order valence-corrected chi connectivity index (χ0v) is 10.4. The number of hydrogen-bond donors (Lipinski definition) is 2. The Morgan fingerprint density at radius 2 is 2.18 bits per heavy atom. The van der Waals surface area contributed by atoms with Crippen molar-refractivity contribution < 1.29 is 9.90 Å². The van der Waals surface area contributed by atoms with Gasteiger partial charge in [0.15, 0.2) is 0 Å². The van der Waals surface area contributed by atoms with Crippen molar-refractivity contribution in [3.8, 4) is 0 Å². The van der Waals surface area contributed by atoms with Crippen molar-refractivity contribution in [1.82, 2.24) is 4.90 Å². The lowest BCUT2D eigenvalue weighted by Gasteiger charge is -2.20. The van der Waals surface area contributed by atoms with Gasteiger partial charge in [-0.25, -0.2) is 0 Å². The molecule has 0 bridgehead atoms. The molecule has 1 amide bonds. The zero-order valence-electron chi connectivity index (χ0n) is 10.4. The maximum Gasteiger partial charge on any atom is 0.248 e. The summed E-state index contributed by atoms with van der Waals surface area (Å²) in [5.74, 6) is -0.401. The first kappa shape index (κ1) is 13.7. The average Bonchev–Trinajstić information content (AvgIpc) is 2.30. The smallest absolute Gasteiger partial charge is 0.248 e. The Balaban J connectivity index is 2.81. The van der Waals surface area contributed by atoms with Gasteiger partial charge in [0.2, 0.25) is 5.91 Å². The van der Waals surface area contributed by atoms with Crippen LogP contribution in [0.25, 0.3) is 0 Å². The lowest BCUT2D eigenvalue weighted by atomic mass is 10.0. The predicted octanol–water partition coefficient (Wildman–Crippen LogP) is 0.908. The second-order valence-electron chi connectivity index (χ2n) is 4.10. The number of likely N-dealkylation sites (N-methyl/N-ethyl adjacent to an activating group) is 1. The topological polar surface area (TPSA) is 66.6 Å². The molecule has 1 rings (SSSR count). The van der Waals surface area contributed by atoms with Crippen molar-refractivity contribution in [2.75, 3.05) is 19.7 Å². The van der Waals surface area contributed by atoms with Crippen LogP contribution in [0.15, 0.2) is 18.2 Å². The van der Waals surface area contributed by atoms with E-state index in [1.54, 1.807) is 6.07 Å². The fourth-order valence-corrected chi connectivity index (χ4v) is 1.76. The summed E-state index contributed by atoms with van der Waals surface area (Å²) in [6.07, 6.45) is 0. The number of nitrogens with zero attached hydrogens (tertiary/aromatic N) is 1. The third-order valence-corrected chi connectivity index (χ3v) is 2.88. The molecule has 3 N–H and O–H groups in total. The molecule has 0 heterocycles. The van der Waals surface area contributed by atoms with Crippen molar-refractivity contribution in [3.05, 3.63) is 34.9 Å². The Morgan fingerprint density at radius 1 is 1.47 bits per heavy atom. The molecule has 0 atom stereocenters. The fourth-order valence-electron chi connectivity index (χ4n) is 1.76. The number of benzene rings is 1. The van der Waals surface area contributed by atoms with Crippen molar-refractivity contribution in [3.63, 3.8) is 0 Å². The number of rotatable bonds is 6. The predicted molar refractivity (Wildman–Crippen MR) is 67.7 cm³/mol. The molecule has 0 unspecified atom stereocenters. The standard InChI is InChI=1S/C13H20N2O2/c1-3-15(6-7-16)9-12-5-4-11(13(14)17)8-10(12)2/h4-5,8,16H,3,6-7,9H2,1-2H3,(H2,14,17). The maximum absolute atomic E-state index is 11.0. The maximum atomic E-state index is 11.0. The van der Waals surface area contributed by atoms with E-state index in [-0.39, 0.29) is 6.61 Å². The molecule has 0 radical (unpaired) electrons. The molecule has 0 aliphatic carbocycles. The summed E-state index contributed by atoms with van der Waals surface area (Å²) in [7, 11) is 0. The van der Waals surface area contributed by atoms with Crippen LogP contribution in [0.3, 0.4) is 0 Å². The first-order valence-corrected chi connectivity index (χ1v) is 5.81. The van der Waals surface area contributed by atoms with Gasteiger partial charge in [0, 0.05) is 18.7 Å². The molecule has 1 aromatic rings. The second-order valence-corrected chi connectivity index (χ2v) is 4.10. The van der Waals surface area contributed by atoms with Crippen LogP contribution in [0.5, 0.6) is 0 Å². The molecule has 17 heavy (non-hydrogen) atoms. The summed E-state index contributed by atoms with van der Waals surface area (Å²) in [5, 5.41) is 8.93. The Hall–Kier alpha value is -1.39. The number of nitrogens with two attached hydrogens (primary N) is 1. The van der Waals surface area contributed by atoms with E-state index >= 15 is 0 Å². The van der Waals surface area contributed by atoms with Crippen LogP contribution in [0.4, 0.5) is 0 Å². The Morgan fingerprint density at radius 3 is 2.65 bits per heavy atom. The van der Waals surface area contributed by atoms with Gasteiger partial charge >= 0.3 is 0 Å². The van der Waals surface area contributed by atoms with Crippen LogP contribution < -0.4 is 5.73 Å². The van der Waals surface area contributed by atoms with Crippen LogP contribution >= 0.6 is 0 Å². The molecule has 4 heteroatoms. The van der Waals surface area contributed by atoms with E-state index in [9.17, 15) is 4.79 Å². The van der Waals surface area contributed by atoms with Gasteiger partial charge in [-0.15, -0.1) is 0 Å². The van der Waals surface area contributed by atoms with Crippen molar-refractivity contribution in [1.29, 1.82) is 0 Å². The molecule has 94 valence electrons. The quantitative estimate of drug-likeness (QED) is 0.771. The number of amides is 1. The van der Waals surface area contributed by atoms with Gasteiger partial charge < -0.3 is 10.8 Å². The molecule has 0 saturated carbocycles. The normalized spacial score (nSPS) is 10.8. The van der Waals surface area contributed by atoms with Gasteiger partial charge in [-0.2, -0.15) is 0 Å². The number of carbonyl (C=O) groups is 1. The average molecular weight is 236 g/mol. The summed E-state index contributed by atoms with van der Waals surface area (Å²) in [5.41, 5.74) is 7.97. The van der Waals surface area contributed by atoms with E-state index in [4.69, 9.17) is 10.8 Å². The summed E-state index contributed by atoms with van der Waals surface area (Å²) in [4.78, 5) is 13.2. The number of primary amides is 1. The summed E-state index contributed by atoms with van der Waals surface area (Å²) >= 11 is 0. The van der Waals surface area contributed by atoms with Crippen LogP contribution in [0, 0.1) is 6.92 Å². The Kier molecular flexibility index (Phi) is 5.12. The minimum Gasteiger partial charge on any atom is -0.395 e. The number of aliphatic hydroxyl groups is 1. The molecule has 1 aromatic carbocycles. The lowest BCUT2D eigenvalue weighted by Crippen LogP contribution is -2.26. The van der Waals surface area contributed by atoms with E-state index in [1.165, 1.54) is 0 Å². The Bertz CT molecular complexity index is 391. The van der Waals surface area contributed by atoms with Gasteiger partial charge in [0.1, 0.15) is 0 Å². The zero-order chi connectivity index (χ0) is 12.8. The van der Waals surface area contributed by atoms with Crippen LogP contribution in [0.2, 0.25) is 0 Å². The number of carbonyl (C=O) groups excluding carboxylic acids is 1. The molecular weight excluding hydrogens is 216 g/mol. The largest absolute Gasteiger partial charge is 0.395 e. The van der Waals surface area contributed by atoms with Crippen LogP contribution in [-0.2, 0) is 6.54 Å². The van der Waals surface area contributed by atoms with Gasteiger partial charge in [0.25, 0.3) is 0 Å². The summed E-state index contributed by atoms with van der Waals surface area (Å²) in [6.45, 7) is 6.51. The molecule has 0 saturated heterocycles. The van der Waals surface area contributed by atoms with Gasteiger partial charge in [0.05, 0.1) is 6.61 Å². The van der Waals surface area contributed by atoms with Gasteiger partial charge in [-0.1, -0.05) is 13.0 Å². The highest BCUT2D eigenvalue weighted by molar-refractivity contribution is 5.93. The first-order chi connectivity index (χ1) is 8.08. The summed E-state index contributed by atoms with van der Waals surface area (Å²) < 4.78 is 0. The van der Waals surface area contributed by atoms with E-state index < -0.39 is 5.91 Å². The second kappa shape index (κ2) is 6.37. The number of aryl methyl sites for hydroxylation is 1. The molecule has 0 aromatic heterocycles. The van der Waals surface area contributed by atoms with E-state index in [0.29, 0.717) is 12.1 Å². The highest BCUT2D eigenvalue weighted by atomic mass is 16.3. The Labute approximate surface area is 102 Å². The lowest BCUT2D eigenvalue weighted by molar-refractivity contribution is 0.1000. The van der Waals surface area contributed by atoms with Gasteiger partial charge in [-0.05, 0) is 36.7 Å². The monoisotopic (exact) mass is 236 g/mol. The molecular formula is C13H20N2O2. The van der Waals surface area contributed by atoms with Crippen LogP contribution in [0.1, 0.15) is 28.4 Å². The fraction of sp³-hybridized carbons (Fsp3) is 0.462. The molecule has 0 spiro atoms. The SMILES string of the molecule is CCN(CCO)Cc1ccc(C(N)=O)cc1C. The van der Waals surface area contributed by atoms with Crippen molar-refractivity contribution in [2.24, 2.45) is 5.73 Å². The van der Waals surface area contributed by atoms with Crippen LogP contribution in [-0.4, -0.2) is 35.6 Å². The first-order valence-electron chi connectivity index (χ1n) is 5.81. The van der Waals surface area contributed by atoms with E-state index in [2.05, 4.69) is 11.8 Å². The van der Waals surface area contributed by atoms with Crippen molar-refractivity contribution >= 4 is 5.91 Å². The van der Waals surface area contributed by atoms with Gasteiger partial charge in [-0.3, -0.25) is 9.69 Å². The highest BCUT2D eigenvalue weighted by Crippen LogP contribution is 2.13. The third kappa shape index (κ3) is 3.84. The third-order valence-electron chi connectivity index (χ3n) is 2.88. The number of hydrogen-bond acceptors (Lipinski definition) is 3. The van der Waals surface area contributed by atoms with E-state index in [0.717, 1.165) is 24.2 Å². The summed E-state index contributed by atoms with van der Waals surface area (Å²) in [6, 6.07) is 5.48. The highest BCUT2D eigenvalue weighted by Gasteiger charge is 2.07. The van der Waals surface area contributed by atoms with Crippen molar-refractivity contribution in [2.45, 2.75) is 20.4 Å². The van der Waals surface area contributed by atoms with E-state index in [1.807, 2.05) is 19.1 Å². The molecule has 0 aliphatic heterocycles. The molecule has 0 aliphatic rings. The minimum absolute atomic E-state index is 0.159. The minimum atomic E-state index is -0.401. The molecule has 4 nitrogen and oxygen atoms in total. The molecule has 0 fully saturated rings. The number of aliphatic hydroxyl groups excluding tert-OH is 1.